The molecule has 3 aromatic rings. The second-order valence-corrected chi connectivity index (χ2v) is 10.3. The molecule has 1 aliphatic heterocycles. The van der Waals surface area contributed by atoms with Crippen LogP contribution in [0.1, 0.15) is 55.7 Å². The van der Waals surface area contributed by atoms with Gasteiger partial charge in [-0.2, -0.15) is 4.37 Å². The summed E-state index contributed by atoms with van der Waals surface area (Å²) in [5, 5.41) is 2.97. The molecule has 2 atom stereocenters. The summed E-state index contributed by atoms with van der Waals surface area (Å²) in [5.74, 6) is -1.05. The minimum atomic E-state index is -1.16. The standard InChI is InChI=1S/C28H33N5O6S/c1-15-10-16(2)12-18(11-15)33(28(36)25-22(29)23(26(30)34)32-40-25)24(27(35)31-14-19-6-5-9-39-19)17-7-8-20(37-3)21(13-17)38-4/h7-8,10-13,19,24H,5-6,9,14,29H2,1-4H3,(H2,30,34)(H,31,35)/t19-,24-/m0/s1. The van der Waals surface area contributed by atoms with E-state index in [1.54, 1.807) is 30.3 Å². The highest BCUT2D eigenvalue weighted by Crippen LogP contribution is 2.37. The molecule has 11 nitrogen and oxygen atoms in total. The summed E-state index contributed by atoms with van der Waals surface area (Å²) in [6, 6.07) is 9.44. The van der Waals surface area contributed by atoms with Gasteiger partial charge in [-0.15, -0.1) is 0 Å². The summed E-state index contributed by atoms with van der Waals surface area (Å²) in [6.07, 6.45) is 1.63. The van der Waals surface area contributed by atoms with E-state index in [0.29, 0.717) is 29.4 Å². The number of amides is 3. The van der Waals surface area contributed by atoms with Crippen LogP contribution in [-0.4, -0.2) is 55.6 Å². The minimum Gasteiger partial charge on any atom is -0.493 e. The zero-order chi connectivity index (χ0) is 29.0. The Morgan fingerprint density at radius 1 is 1.12 bits per heavy atom. The van der Waals surface area contributed by atoms with Crippen LogP contribution in [0.2, 0.25) is 0 Å². The number of hydrogen-bond donors (Lipinski definition) is 3. The van der Waals surface area contributed by atoms with E-state index in [2.05, 4.69) is 9.69 Å². The third-order valence-corrected chi connectivity index (χ3v) is 7.47. The second kappa shape index (κ2) is 12.3. The fourth-order valence-electron chi connectivity index (χ4n) is 4.77. The van der Waals surface area contributed by atoms with E-state index in [1.807, 2.05) is 19.9 Å². The summed E-state index contributed by atoms with van der Waals surface area (Å²) < 4.78 is 20.6. The van der Waals surface area contributed by atoms with Crippen LogP contribution in [0.25, 0.3) is 0 Å². The summed E-state index contributed by atoms with van der Waals surface area (Å²) in [5.41, 5.74) is 13.9. The number of benzene rings is 2. The van der Waals surface area contributed by atoms with Crippen LogP contribution in [-0.2, 0) is 9.53 Å². The van der Waals surface area contributed by atoms with Gasteiger partial charge < -0.3 is 31.0 Å². The summed E-state index contributed by atoms with van der Waals surface area (Å²) in [7, 11) is 3.00. The highest BCUT2D eigenvalue weighted by atomic mass is 32.1. The minimum absolute atomic E-state index is 0.00892. The number of aryl methyl sites for hydroxylation is 2. The number of methoxy groups -OCH3 is 2. The van der Waals surface area contributed by atoms with Crippen molar-refractivity contribution in [2.75, 3.05) is 38.0 Å². The molecule has 1 saturated heterocycles. The number of nitrogens with two attached hydrogens (primary N) is 2. The SMILES string of the molecule is COc1ccc([C@@H](C(=O)NC[C@@H]2CCCO2)N(C(=O)c2snc(C(N)=O)c2N)c2cc(C)cc(C)c2)cc1OC. The monoisotopic (exact) mass is 567 g/mol. The molecular formula is C28H33N5O6S. The van der Waals surface area contributed by atoms with Gasteiger partial charge in [-0.25, -0.2) is 0 Å². The molecule has 0 spiro atoms. The van der Waals surface area contributed by atoms with Crippen molar-refractivity contribution in [1.82, 2.24) is 9.69 Å². The highest BCUT2D eigenvalue weighted by molar-refractivity contribution is 7.09. The Kier molecular flexibility index (Phi) is 8.90. The third kappa shape index (κ3) is 6.02. The van der Waals surface area contributed by atoms with E-state index in [-0.39, 0.29) is 28.9 Å². The van der Waals surface area contributed by atoms with E-state index in [0.717, 1.165) is 35.5 Å². The normalized spacial score (nSPS) is 15.3. The average molecular weight is 568 g/mol. The van der Waals surface area contributed by atoms with Crippen LogP contribution in [0.15, 0.2) is 36.4 Å². The first-order valence-corrected chi connectivity index (χ1v) is 13.5. The lowest BCUT2D eigenvalue weighted by Crippen LogP contribution is -2.45. The number of carbonyl (C=O) groups excluding carboxylic acids is 3. The third-order valence-electron chi connectivity index (χ3n) is 6.62. The number of carbonyl (C=O) groups is 3. The number of nitrogens with one attached hydrogen (secondary N) is 1. The fourth-order valence-corrected chi connectivity index (χ4v) is 5.51. The van der Waals surface area contributed by atoms with Crippen LogP contribution >= 0.6 is 11.5 Å². The van der Waals surface area contributed by atoms with Crippen molar-refractivity contribution in [3.8, 4) is 11.5 Å². The largest absolute Gasteiger partial charge is 0.493 e. The molecule has 1 fully saturated rings. The lowest BCUT2D eigenvalue weighted by molar-refractivity contribution is -0.123. The summed E-state index contributed by atoms with van der Waals surface area (Å²) in [6.45, 7) is 4.72. The zero-order valence-electron chi connectivity index (χ0n) is 22.9. The van der Waals surface area contributed by atoms with Crippen molar-refractivity contribution in [3.63, 3.8) is 0 Å². The molecule has 212 valence electrons. The number of aromatic nitrogens is 1. The molecule has 0 radical (unpaired) electrons. The number of hydrogen-bond acceptors (Lipinski definition) is 9. The Morgan fingerprint density at radius 3 is 2.40 bits per heavy atom. The number of primary amides is 1. The topological polar surface area (TPSA) is 159 Å². The maximum absolute atomic E-state index is 14.3. The van der Waals surface area contributed by atoms with Crippen molar-refractivity contribution < 1.29 is 28.6 Å². The van der Waals surface area contributed by atoms with Crippen molar-refractivity contribution in [2.24, 2.45) is 5.73 Å². The molecule has 2 aromatic carbocycles. The van der Waals surface area contributed by atoms with Gasteiger partial charge in [-0.1, -0.05) is 12.1 Å². The molecule has 3 amide bonds. The second-order valence-electron chi connectivity index (χ2n) is 9.56. The molecule has 4 rings (SSSR count). The quantitative estimate of drug-likeness (QED) is 0.337. The number of anilines is 2. The summed E-state index contributed by atoms with van der Waals surface area (Å²) >= 11 is 0.752. The number of rotatable bonds is 10. The Morgan fingerprint density at radius 2 is 1.82 bits per heavy atom. The molecule has 5 N–H and O–H groups in total. The molecule has 0 aliphatic carbocycles. The van der Waals surface area contributed by atoms with Crippen LogP contribution < -0.4 is 31.2 Å². The smallest absolute Gasteiger partial charge is 0.273 e. The van der Waals surface area contributed by atoms with Gasteiger partial charge in [0.25, 0.3) is 11.8 Å². The van der Waals surface area contributed by atoms with Crippen LogP contribution in [0.3, 0.4) is 0 Å². The van der Waals surface area contributed by atoms with E-state index in [1.165, 1.54) is 19.1 Å². The Balaban J connectivity index is 1.89. The van der Waals surface area contributed by atoms with Gasteiger partial charge >= 0.3 is 0 Å². The van der Waals surface area contributed by atoms with Gasteiger partial charge in [-0.05, 0) is 79.2 Å². The summed E-state index contributed by atoms with van der Waals surface area (Å²) in [4.78, 5) is 41.5. The number of nitrogen functional groups attached to an aromatic ring is 1. The van der Waals surface area contributed by atoms with E-state index < -0.39 is 23.8 Å². The molecule has 0 unspecified atom stereocenters. The van der Waals surface area contributed by atoms with E-state index in [4.69, 9.17) is 25.7 Å². The number of ether oxygens (including phenoxy) is 3. The maximum atomic E-state index is 14.3. The predicted molar refractivity (Wildman–Crippen MR) is 152 cm³/mol. The van der Waals surface area contributed by atoms with Crippen molar-refractivity contribution in [2.45, 2.75) is 38.8 Å². The molecule has 0 bridgehead atoms. The average Bonchev–Trinajstić information content (AvgIpc) is 3.58. The van der Waals surface area contributed by atoms with Crippen molar-refractivity contribution in [3.05, 3.63) is 63.7 Å². The first kappa shape index (κ1) is 28.8. The Hall–Kier alpha value is -4.16. The molecule has 12 heteroatoms. The Bertz CT molecular complexity index is 1400. The van der Waals surface area contributed by atoms with Gasteiger partial charge in [0.2, 0.25) is 5.91 Å². The maximum Gasteiger partial charge on any atom is 0.273 e. The van der Waals surface area contributed by atoms with Gasteiger partial charge in [0.1, 0.15) is 10.9 Å². The van der Waals surface area contributed by atoms with Gasteiger partial charge in [0, 0.05) is 18.8 Å². The van der Waals surface area contributed by atoms with Crippen LogP contribution in [0, 0.1) is 13.8 Å². The van der Waals surface area contributed by atoms with E-state index >= 15 is 0 Å². The van der Waals surface area contributed by atoms with Gasteiger partial charge in [-0.3, -0.25) is 19.3 Å². The first-order chi connectivity index (χ1) is 19.1. The number of nitrogens with zero attached hydrogens (tertiary/aromatic N) is 2. The molecule has 1 aromatic heterocycles. The molecular weight excluding hydrogens is 534 g/mol. The van der Waals surface area contributed by atoms with Crippen molar-refractivity contribution >= 4 is 40.6 Å². The van der Waals surface area contributed by atoms with Gasteiger partial charge in [0.05, 0.1) is 26.0 Å². The Labute approximate surface area is 236 Å². The molecule has 2 heterocycles. The lowest BCUT2D eigenvalue weighted by Gasteiger charge is -2.32. The van der Waals surface area contributed by atoms with Crippen LogP contribution in [0.5, 0.6) is 11.5 Å². The highest BCUT2D eigenvalue weighted by Gasteiger charge is 2.37. The van der Waals surface area contributed by atoms with E-state index in [9.17, 15) is 14.4 Å². The van der Waals surface area contributed by atoms with Gasteiger partial charge in [0.15, 0.2) is 17.2 Å². The zero-order valence-corrected chi connectivity index (χ0v) is 23.7. The molecule has 1 aliphatic rings. The van der Waals surface area contributed by atoms with Crippen LogP contribution in [0.4, 0.5) is 11.4 Å². The van der Waals surface area contributed by atoms with Crippen molar-refractivity contribution in [1.29, 1.82) is 0 Å². The fraction of sp³-hybridized carbons (Fsp3) is 0.357. The molecule has 0 saturated carbocycles. The lowest BCUT2D eigenvalue weighted by atomic mass is 10.0. The molecule has 40 heavy (non-hydrogen) atoms. The first-order valence-electron chi connectivity index (χ1n) is 12.7. The predicted octanol–water partition coefficient (Wildman–Crippen LogP) is 3.14.